The van der Waals surface area contributed by atoms with Crippen molar-refractivity contribution in [3.63, 3.8) is 0 Å². The highest BCUT2D eigenvalue weighted by Crippen LogP contribution is 2.18. The third-order valence-electron chi connectivity index (χ3n) is 1.56. The minimum absolute atomic E-state index is 0.566. The zero-order valence-electron chi connectivity index (χ0n) is 7.22. The molecule has 0 aliphatic carbocycles. The summed E-state index contributed by atoms with van der Waals surface area (Å²) in [6, 6.07) is 9.15. The molecule has 0 N–H and O–H groups in total. The molecule has 2 heterocycles. The van der Waals surface area contributed by atoms with Gasteiger partial charge in [-0.3, -0.25) is 0 Å². The first-order chi connectivity index (χ1) is 6.84. The molecular weight excluding hydrogens is 244 g/mol. The molecule has 2 rings (SSSR count). The van der Waals surface area contributed by atoms with E-state index in [4.69, 9.17) is 4.74 Å². The molecule has 2 aromatic heterocycles. The van der Waals surface area contributed by atoms with Gasteiger partial charge < -0.3 is 4.74 Å². The summed E-state index contributed by atoms with van der Waals surface area (Å²) in [5.74, 6) is 1.24. The van der Waals surface area contributed by atoms with E-state index in [1.807, 2.05) is 24.3 Å². The molecule has 70 valence electrons. The molecule has 0 aliphatic rings. The molecule has 2 aromatic rings. The summed E-state index contributed by atoms with van der Waals surface area (Å²) in [7, 11) is 0. The van der Waals surface area contributed by atoms with E-state index in [-0.39, 0.29) is 0 Å². The molecule has 0 atom stereocenters. The number of hydrogen-bond donors (Lipinski definition) is 0. The molecular formula is C10H7BrN2O. The number of aromatic nitrogens is 2. The summed E-state index contributed by atoms with van der Waals surface area (Å²) in [4.78, 5) is 8.07. The number of rotatable bonds is 2. The molecule has 0 radical (unpaired) electrons. The lowest BCUT2D eigenvalue weighted by molar-refractivity contribution is 0.460. The molecule has 0 bridgehead atoms. The highest BCUT2D eigenvalue weighted by molar-refractivity contribution is 9.10. The van der Waals surface area contributed by atoms with Gasteiger partial charge in [0.15, 0.2) is 0 Å². The van der Waals surface area contributed by atoms with Crippen molar-refractivity contribution < 1.29 is 4.74 Å². The van der Waals surface area contributed by atoms with Gasteiger partial charge in [-0.05, 0) is 34.1 Å². The predicted molar refractivity (Wildman–Crippen MR) is 56.2 cm³/mol. The number of halogens is 1. The smallest absolute Gasteiger partial charge is 0.219 e. The van der Waals surface area contributed by atoms with Crippen LogP contribution < -0.4 is 4.74 Å². The Balaban J connectivity index is 2.16. The van der Waals surface area contributed by atoms with Crippen LogP contribution in [-0.2, 0) is 0 Å². The van der Waals surface area contributed by atoms with Crippen molar-refractivity contribution in [2.45, 2.75) is 0 Å². The highest BCUT2D eigenvalue weighted by atomic mass is 79.9. The summed E-state index contributed by atoms with van der Waals surface area (Å²) in [5.41, 5.74) is 0. The Hall–Kier alpha value is -1.42. The quantitative estimate of drug-likeness (QED) is 0.769. The van der Waals surface area contributed by atoms with E-state index < -0.39 is 0 Å². The lowest BCUT2D eigenvalue weighted by Gasteiger charge is -2.02. The molecule has 0 aliphatic heterocycles. The van der Waals surface area contributed by atoms with Gasteiger partial charge in [0, 0.05) is 12.3 Å². The second kappa shape index (κ2) is 4.19. The number of hydrogen-bond acceptors (Lipinski definition) is 3. The second-order valence-corrected chi connectivity index (χ2v) is 3.40. The van der Waals surface area contributed by atoms with E-state index in [1.165, 1.54) is 0 Å². The maximum Gasteiger partial charge on any atom is 0.219 e. The molecule has 0 saturated heterocycles. The zero-order valence-corrected chi connectivity index (χ0v) is 8.81. The lowest BCUT2D eigenvalue weighted by atomic mass is 10.4. The maximum absolute atomic E-state index is 5.44. The van der Waals surface area contributed by atoms with Gasteiger partial charge in [-0.1, -0.05) is 6.07 Å². The van der Waals surface area contributed by atoms with Crippen LogP contribution in [0, 0.1) is 0 Å². The van der Waals surface area contributed by atoms with Gasteiger partial charge in [0.2, 0.25) is 5.88 Å². The number of ether oxygens (including phenoxy) is 1. The van der Waals surface area contributed by atoms with Crippen molar-refractivity contribution in [3.05, 3.63) is 47.3 Å². The summed E-state index contributed by atoms with van der Waals surface area (Å²) in [6.45, 7) is 0. The van der Waals surface area contributed by atoms with Gasteiger partial charge in [-0.15, -0.1) is 0 Å². The largest absolute Gasteiger partial charge is 0.437 e. The standard InChI is InChI=1S/C10H7BrN2O/c11-9-5-4-8(7-13-9)14-10-3-1-2-6-12-10/h1-7H. The van der Waals surface area contributed by atoms with E-state index in [0.717, 1.165) is 4.60 Å². The van der Waals surface area contributed by atoms with E-state index >= 15 is 0 Å². The first kappa shape index (κ1) is 9.15. The normalized spacial score (nSPS) is 9.79. The first-order valence-electron chi connectivity index (χ1n) is 4.05. The van der Waals surface area contributed by atoms with E-state index in [1.54, 1.807) is 18.5 Å². The number of pyridine rings is 2. The van der Waals surface area contributed by atoms with E-state index in [2.05, 4.69) is 25.9 Å². The maximum atomic E-state index is 5.44. The van der Waals surface area contributed by atoms with Crippen molar-refractivity contribution in [2.75, 3.05) is 0 Å². The summed E-state index contributed by atoms with van der Waals surface area (Å²) in [6.07, 6.45) is 3.32. The van der Waals surface area contributed by atoms with Crippen LogP contribution in [0.3, 0.4) is 0 Å². The Morgan fingerprint density at radius 2 is 2.00 bits per heavy atom. The minimum atomic E-state index is 0.566. The Morgan fingerprint density at radius 3 is 2.64 bits per heavy atom. The second-order valence-electron chi connectivity index (χ2n) is 2.59. The zero-order chi connectivity index (χ0) is 9.80. The molecule has 0 fully saturated rings. The molecule has 14 heavy (non-hydrogen) atoms. The Kier molecular flexibility index (Phi) is 2.74. The minimum Gasteiger partial charge on any atom is -0.437 e. The van der Waals surface area contributed by atoms with Crippen molar-refractivity contribution >= 4 is 15.9 Å². The van der Waals surface area contributed by atoms with Gasteiger partial charge >= 0.3 is 0 Å². The summed E-state index contributed by atoms with van der Waals surface area (Å²) in [5, 5.41) is 0. The lowest BCUT2D eigenvalue weighted by Crippen LogP contribution is -1.87. The molecule has 3 nitrogen and oxygen atoms in total. The van der Waals surface area contributed by atoms with Gasteiger partial charge in [0.25, 0.3) is 0 Å². The van der Waals surface area contributed by atoms with Crippen LogP contribution in [0.1, 0.15) is 0 Å². The molecule has 0 spiro atoms. The van der Waals surface area contributed by atoms with Crippen LogP contribution >= 0.6 is 15.9 Å². The average molecular weight is 251 g/mol. The average Bonchev–Trinajstić information content (AvgIpc) is 2.23. The third kappa shape index (κ3) is 2.29. The Bertz CT molecular complexity index is 402. The van der Waals surface area contributed by atoms with Gasteiger partial charge in [0.1, 0.15) is 10.4 Å². The van der Waals surface area contributed by atoms with Gasteiger partial charge in [-0.2, -0.15) is 0 Å². The van der Waals surface area contributed by atoms with Crippen LogP contribution in [-0.4, -0.2) is 9.97 Å². The molecule has 0 aromatic carbocycles. The SMILES string of the molecule is Brc1ccc(Oc2ccccn2)cn1. The molecule has 0 amide bonds. The van der Waals surface area contributed by atoms with Gasteiger partial charge in [-0.25, -0.2) is 9.97 Å². The third-order valence-corrected chi connectivity index (χ3v) is 2.03. The highest BCUT2D eigenvalue weighted by Gasteiger charge is 1.96. The Morgan fingerprint density at radius 1 is 1.07 bits per heavy atom. The van der Waals surface area contributed by atoms with Gasteiger partial charge in [0.05, 0.1) is 6.20 Å². The predicted octanol–water partition coefficient (Wildman–Crippen LogP) is 3.03. The van der Waals surface area contributed by atoms with E-state index in [9.17, 15) is 0 Å². The molecule has 4 heteroatoms. The van der Waals surface area contributed by atoms with Crippen LogP contribution in [0.25, 0.3) is 0 Å². The Labute approximate surface area is 89.9 Å². The van der Waals surface area contributed by atoms with Crippen LogP contribution in [0.4, 0.5) is 0 Å². The first-order valence-corrected chi connectivity index (χ1v) is 4.84. The fraction of sp³-hybridized carbons (Fsp3) is 0. The van der Waals surface area contributed by atoms with Crippen molar-refractivity contribution in [1.29, 1.82) is 0 Å². The molecule has 0 unspecified atom stereocenters. The fourth-order valence-electron chi connectivity index (χ4n) is 0.951. The van der Waals surface area contributed by atoms with Crippen LogP contribution in [0.5, 0.6) is 11.6 Å². The van der Waals surface area contributed by atoms with Crippen molar-refractivity contribution in [2.24, 2.45) is 0 Å². The number of nitrogens with zero attached hydrogens (tertiary/aromatic N) is 2. The summed E-state index contributed by atoms with van der Waals surface area (Å²) >= 11 is 3.25. The van der Waals surface area contributed by atoms with Crippen molar-refractivity contribution in [3.8, 4) is 11.6 Å². The van der Waals surface area contributed by atoms with Crippen LogP contribution in [0.2, 0.25) is 0 Å². The fourth-order valence-corrected chi connectivity index (χ4v) is 1.19. The van der Waals surface area contributed by atoms with E-state index in [0.29, 0.717) is 11.6 Å². The van der Waals surface area contributed by atoms with Crippen LogP contribution in [0.15, 0.2) is 47.3 Å². The molecule has 0 saturated carbocycles. The topological polar surface area (TPSA) is 35.0 Å². The van der Waals surface area contributed by atoms with Crippen molar-refractivity contribution in [1.82, 2.24) is 9.97 Å². The monoisotopic (exact) mass is 250 g/mol. The summed E-state index contributed by atoms with van der Waals surface area (Å²) < 4.78 is 6.22.